The standard InChI is InChI=1S/C25H31N3O4/c1-16-11-22-20(21(16)14-26-25(30)27-18-7-5-4-6-8-18)13-24(29)28(22)15-17-9-10-19(31-2)12-23(17)32-3/h4-10,12,16,20-22H,11,13-15H2,1-3H3,(H2,26,27,30)/t16-,20-,21+,22+/m0/s1. The summed E-state index contributed by atoms with van der Waals surface area (Å²) in [5, 5.41) is 5.87. The van der Waals surface area contributed by atoms with E-state index in [1.54, 1.807) is 14.2 Å². The van der Waals surface area contributed by atoms with Crippen LogP contribution in [-0.2, 0) is 11.3 Å². The van der Waals surface area contributed by atoms with Crippen LogP contribution in [0.5, 0.6) is 11.5 Å². The van der Waals surface area contributed by atoms with Crippen molar-refractivity contribution in [3.05, 3.63) is 54.1 Å². The van der Waals surface area contributed by atoms with E-state index in [1.807, 2.05) is 53.4 Å². The molecule has 0 unspecified atom stereocenters. The van der Waals surface area contributed by atoms with Crippen molar-refractivity contribution in [1.29, 1.82) is 0 Å². The van der Waals surface area contributed by atoms with Gasteiger partial charge in [0.25, 0.3) is 0 Å². The van der Waals surface area contributed by atoms with Crippen molar-refractivity contribution in [3.8, 4) is 11.5 Å². The molecule has 1 saturated carbocycles. The van der Waals surface area contributed by atoms with Gasteiger partial charge in [0.2, 0.25) is 5.91 Å². The lowest BCUT2D eigenvalue weighted by Gasteiger charge is -2.25. The zero-order valence-corrected chi connectivity index (χ0v) is 18.8. The van der Waals surface area contributed by atoms with Crippen LogP contribution in [0.4, 0.5) is 10.5 Å². The molecule has 0 radical (unpaired) electrons. The number of benzene rings is 2. The first-order valence-corrected chi connectivity index (χ1v) is 11.1. The van der Waals surface area contributed by atoms with Gasteiger partial charge in [-0.25, -0.2) is 4.79 Å². The Morgan fingerprint density at radius 2 is 1.91 bits per heavy atom. The van der Waals surface area contributed by atoms with Crippen LogP contribution in [0.2, 0.25) is 0 Å². The van der Waals surface area contributed by atoms with Crippen molar-refractivity contribution in [2.24, 2.45) is 17.8 Å². The fourth-order valence-corrected chi connectivity index (χ4v) is 5.22. The van der Waals surface area contributed by atoms with Gasteiger partial charge >= 0.3 is 6.03 Å². The summed E-state index contributed by atoms with van der Waals surface area (Å²) in [6.07, 6.45) is 1.47. The molecule has 1 heterocycles. The molecule has 1 saturated heterocycles. The van der Waals surface area contributed by atoms with Crippen molar-refractivity contribution in [3.63, 3.8) is 0 Å². The van der Waals surface area contributed by atoms with Crippen molar-refractivity contribution in [2.45, 2.75) is 32.4 Å². The Bertz CT molecular complexity index is 965. The third kappa shape index (κ3) is 4.52. The molecule has 32 heavy (non-hydrogen) atoms. The molecule has 7 heteroatoms. The van der Waals surface area contributed by atoms with Gasteiger partial charge in [0.1, 0.15) is 11.5 Å². The van der Waals surface area contributed by atoms with Gasteiger partial charge in [-0.2, -0.15) is 0 Å². The highest BCUT2D eigenvalue weighted by atomic mass is 16.5. The Morgan fingerprint density at radius 1 is 1.12 bits per heavy atom. The lowest BCUT2D eigenvalue weighted by molar-refractivity contribution is -0.129. The molecule has 4 atom stereocenters. The molecule has 2 aliphatic rings. The molecule has 1 aliphatic carbocycles. The number of ether oxygens (including phenoxy) is 2. The first-order valence-electron chi connectivity index (χ1n) is 11.1. The second-order valence-electron chi connectivity index (χ2n) is 8.71. The lowest BCUT2D eigenvalue weighted by atomic mass is 9.88. The first-order chi connectivity index (χ1) is 15.5. The van der Waals surface area contributed by atoms with Crippen molar-refractivity contribution >= 4 is 17.6 Å². The largest absolute Gasteiger partial charge is 0.497 e. The highest BCUT2D eigenvalue weighted by molar-refractivity contribution is 5.89. The molecule has 7 nitrogen and oxygen atoms in total. The molecule has 2 fully saturated rings. The van der Waals surface area contributed by atoms with Gasteiger partial charge in [-0.05, 0) is 48.4 Å². The van der Waals surface area contributed by atoms with E-state index in [-0.39, 0.29) is 29.8 Å². The number of para-hydroxylation sites is 1. The Balaban J connectivity index is 1.40. The molecule has 3 amide bonds. The van der Waals surface area contributed by atoms with Crippen LogP contribution in [0.1, 0.15) is 25.3 Å². The third-order valence-electron chi connectivity index (χ3n) is 6.88. The number of carbonyl (C=O) groups excluding carboxylic acids is 2. The SMILES string of the molecule is COc1ccc(CN2C(=O)C[C@H]3[C@H](CNC(=O)Nc4ccccc4)[C@@H](C)C[C@H]32)c(OC)c1. The number of nitrogens with one attached hydrogen (secondary N) is 2. The van der Waals surface area contributed by atoms with Gasteiger partial charge < -0.3 is 25.0 Å². The summed E-state index contributed by atoms with van der Waals surface area (Å²) in [6.45, 7) is 3.30. The third-order valence-corrected chi connectivity index (χ3v) is 6.88. The number of hydrogen-bond acceptors (Lipinski definition) is 4. The maximum atomic E-state index is 12.9. The highest BCUT2D eigenvalue weighted by Crippen LogP contribution is 2.46. The Hall–Kier alpha value is -3.22. The summed E-state index contributed by atoms with van der Waals surface area (Å²) < 4.78 is 10.8. The monoisotopic (exact) mass is 437 g/mol. The number of methoxy groups -OCH3 is 2. The smallest absolute Gasteiger partial charge is 0.319 e. The summed E-state index contributed by atoms with van der Waals surface area (Å²) >= 11 is 0. The molecular weight excluding hydrogens is 406 g/mol. The van der Waals surface area contributed by atoms with Crippen LogP contribution < -0.4 is 20.1 Å². The molecule has 2 aromatic carbocycles. The fourth-order valence-electron chi connectivity index (χ4n) is 5.22. The Kier molecular flexibility index (Phi) is 6.53. The topological polar surface area (TPSA) is 79.9 Å². The quantitative estimate of drug-likeness (QED) is 0.689. The number of likely N-dealkylation sites (tertiary alicyclic amines) is 1. The molecule has 2 N–H and O–H groups in total. The average Bonchev–Trinajstić information content (AvgIpc) is 3.26. The van der Waals surface area contributed by atoms with Gasteiger partial charge in [0, 0.05) is 42.9 Å². The van der Waals surface area contributed by atoms with E-state index in [0.717, 1.165) is 29.2 Å². The zero-order valence-electron chi connectivity index (χ0n) is 18.8. The minimum atomic E-state index is -0.212. The Morgan fingerprint density at radius 3 is 2.62 bits per heavy atom. The summed E-state index contributed by atoms with van der Waals surface area (Å²) in [7, 11) is 3.25. The first kappa shape index (κ1) is 22.0. The van der Waals surface area contributed by atoms with Crippen molar-refractivity contribution < 1.29 is 19.1 Å². The fraction of sp³-hybridized carbons (Fsp3) is 0.440. The average molecular weight is 438 g/mol. The second-order valence-corrected chi connectivity index (χ2v) is 8.71. The maximum Gasteiger partial charge on any atom is 0.319 e. The predicted molar refractivity (Wildman–Crippen MR) is 123 cm³/mol. The van der Waals surface area contributed by atoms with Crippen LogP contribution in [0, 0.1) is 17.8 Å². The minimum absolute atomic E-state index is 0.170. The van der Waals surface area contributed by atoms with Crippen LogP contribution in [-0.4, -0.2) is 43.6 Å². The normalized spacial score (nSPS) is 24.2. The number of fused-ring (bicyclic) bond motifs is 1. The second kappa shape index (κ2) is 9.51. The number of urea groups is 1. The molecular formula is C25H31N3O4. The van der Waals surface area contributed by atoms with E-state index in [1.165, 1.54) is 0 Å². The summed E-state index contributed by atoms with van der Waals surface area (Å²) in [5.74, 6) is 2.57. The number of nitrogens with zero attached hydrogens (tertiary/aromatic N) is 1. The maximum absolute atomic E-state index is 12.9. The number of amides is 3. The van der Waals surface area contributed by atoms with Gasteiger partial charge in [0.05, 0.1) is 14.2 Å². The molecule has 0 aromatic heterocycles. The molecule has 2 aromatic rings. The zero-order chi connectivity index (χ0) is 22.7. The number of carbonyl (C=O) groups is 2. The molecule has 170 valence electrons. The molecule has 1 aliphatic heterocycles. The summed E-state index contributed by atoms with van der Waals surface area (Å²) in [5.41, 5.74) is 1.73. The van der Waals surface area contributed by atoms with Crippen molar-refractivity contribution in [2.75, 3.05) is 26.1 Å². The van der Waals surface area contributed by atoms with Crippen LogP contribution in [0.15, 0.2) is 48.5 Å². The Labute approximate surface area is 189 Å². The van der Waals surface area contributed by atoms with Crippen LogP contribution in [0.25, 0.3) is 0 Å². The molecule has 4 rings (SSSR count). The van der Waals surface area contributed by atoms with E-state index in [4.69, 9.17) is 9.47 Å². The molecule has 0 bridgehead atoms. The van der Waals surface area contributed by atoms with Crippen LogP contribution >= 0.6 is 0 Å². The van der Waals surface area contributed by atoms with E-state index < -0.39 is 0 Å². The number of rotatable bonds is 7. The van der Waals surface area contributed by atoms with E-state index in [9.17, 15) is 9.59 Å². The van der Waals surface area contributed by atoms with Gasteiger partial charge in [-0.1, -0.05) is 25.1 Å². The van der Waals surface area contributed by atoms with Gasteiger partial charge in [-0.15, -0.1) is 0 Å². The van der Waals surface area contributed by atoms with Crippen molar-refractivity contribution in [1.82, 2.24) is 10.2 Å². The number of anilines is 1. The van der Waals surface area contributed by atoms with Crippen LogP contribution in [0.3, 0.4) is 0 Å². The summed E-state index contributed by atoms with van der Waals surface area (Å²) in [6, 6.07) is 15.1. The minimum Gasteiger partial charge on any atom is -0.497 e. The van der Waals surface area contributed by atoms with E-state index >= 15 is 0 Å². The number of hydrogen-bond donors (Lipinski definition) is 2. The lowest BCUT2D eigenvalue weighted by Crippen LogP contribution is -2.36. The molecule has 0 spiro atoms. The highest BCUT2D eigenvalue weighted by Gasteiger charge is 2.50. The van der Waals surface area contributed by atoms with Gasteiger partial charge in [0.15, 0.2) is 0 Å². The van der Waals surface area contributed by atoms with E-state index in [0.29, 0.717) is 25.4 Å². The van der Waals surface area contributed by atoms with E-state index in [2.05, 4.69) is 17.6 Å². The predicted octanol–water partition coefficient (Wildman–Crippen LogP) is 3.90. The summed E-state index contributed by atoms with van der Waals surface area (Å²) in [4.78, 5) is 27.2. The van der Waals surface area contributed by atoms with Gasteiger partial charge in [-0.3, -0.25) is 4.79 Å².